The largest absolute Gasteiger partial charge is 0.420 e. The minimum absolute atomic E-state index is 0.114. The number of carbonyl (C=O) groups excluding carboxylic acids is 3. The molecule has 7 heteroatoms. The van der Waals surface area contributed by atoms with Gasteiger partial charge in [-0.2, -0.15) is 0 Å². The quantitative estimate of drug-likeness (QED) is 0.755. The Balaban J connectivity index is 2.61. The van der Waals surface area contributed by atoms with E-state index in [-0.39, 0.29) is 25.2 Å². The summed E-state index contributed by atoms with van der Waals surface area (Å²) in [7, 11) is 1.46. The van der Waals surface area contributed by atoms with Gasteiger partial charge in [-0.05, 0) is 12.5 Å². The van der Waals surface area contributed by atoms with E-state index in [0.29, 0.717) is 29.2 Å². The average molecular weight is 304 g/mol. The van der Waals surface area contributed by atoms with Gasteiger partial charge in [0.15, 0.2) is 5.58 Å². The van der Waals surface area contributed by atoms with E-state index in [1.54, 1.807) is 18.2 Å². The van der Waals surface area contributed by atoms with Crippen LogP contribution in [0, 0.1) is 0 Å². The highest BCUT2D eigenvalue weighted by atomic mass is 16.4. The number of rotatable bonds is 7. The first-order valence-corrected chi connectivity index (χ1v) is 6.85. The number of hydrogen-bond donors (Lipinski definition) is 1. The van der Waals surface area contributed by atoms with Gasteiger partial charge in [0.25, 0.3) is 0 Å². The molecule has 1 N–H and O–H groups in total. The van der Waals surface area contributed by atoms with E-state index in [1.165, 1.54) is 11.6 Å². The number of carbonyl (C=O) groups is 3. The van der Waals surface area contributed by atoms with Crippen molar-refractivity contribution in [2.75, 3.05) is 7.05 Å². The monoisotopic (exact) mass is 304 g/mol. The van der Waals surface area contributed by atoms with Gasteiger partial charge in [-0.1, -0.05) is 12.1 Å². The molecule has 0 saturated carbocycles. The van der Waals surface area contributed by atoms with Gasteiger partial charge in [0, 0.05) is 25.5 Å². The smallest absolute Gasteiger partial charge is 0.407 e. The molecule has 0 aliphatic heterocycles. The van der Waals surface area contributed by atoms with Crippen molar-refractivity contribution in [2.45, 2.75) is 25.3 Å². The van der Waals surface area contributed by atoms with E-state index >= 15 is 0 Å². The van der Waals surface area contributed by atoms with Crippen LogP contribution in [-0.4, -0.2) is 30.1 Å². The van der Waals surface area contributed by atoms with Crippen LogP contribution in [0.25, 0.3) is 11.1 Å². The van der Waals surface area contributed by atoms with Gasteiger partial charge >= 0.3 is 5.76 Å². The summed E-state index contributed by atoms with van der Waals surface area (Å²) in [5.41, 5.74) is 1.30. The van der Waals surface area contributed by atoms with Crippen molar-refractivity contribution in [3.05, 3.63) is 34.3 Å². The Kier molecular flexibility index (Phi) is 4.88. The standard InChI is InChI=1S/C15H16N2O5/c1-16-14(20)12(6-3-8-18)17-11-5-2-4-10(7-9-19)13(11)22-15(17)21/h2,4-5,8-9,12H,3,6-7H2,1H3,(H,16,20). The molecule has 0 radical (unpaired) electrons. The topological polar surface area (TPSA) is 98.4 Å². The fourth-order valence-corrected chi connectivity index (χ4v) is 2.43. The van der Waals surface area contributed by atoms with Crippen LogP contribution in [-0.2, 0) is 20.8 Å². The minimum atomic E-state index is -0.838. The number of aldehydes is 2. The second-order valence-corrected chi connectivity index (χ2v) is 4.75. The summed E-state index contributed by atoms with van der Waals surface area (Å²) in [5, 5.41) is 2.48. The molecule has 1 aromatic carbocycles. The van der Waals surface area contributed by atoms with Gasteiger partial charge in [0.1, 0.15) is 18.6 Å². The van der Waals surface area contributed by atoms with Gasteiger partial charge in [-0.15, -0.1) is 0 Å². The van der Waals surface area contributed by atoms with Crippen LogP contribution < -0.4 is 11.1 Å². The molecule has 2 rings (SSSR count). The Morgan fingerprint density at radius 2 is 2.14 bits per heavy atom. The van der Waals surface area contributed by atoms with Gasteiger partial charge < -0.3 is 19.3 Å². The van der Waals surface area contributed by atoms with Gasteiger partial charge in [0.05, 0.1) is 5.52 Å². The lowest BCUT2D eigenvalue weighted by molar-refractivity contribution is -0.124. The molecular weight excluding hydrogens is 288 g/mol. The molecule has 7 nitrogen and oxygen atoms in total. The van der Waals surface area contributed by atoms with E-state index < -0.39 is 11.8 Å². The molecular formula is C15H16N2O5. The van der Waals surface area contributed by atoms with Crippen molar-refractivity contribution >= 4 is 29.6 Å². The van der Waals surface area contributed by atoms with Crippen molar-refractivity contribution < 1.29 is 18.8 Å². The molecule has 0 fully saturated rings. The Labute approximate surface area is 125 Å². The molecule has 0 bridgehead atoms. The fraction of sp³-hybridized carbons (Fsp3) is 0.333. The number of amides is 1. The average Bonchev–Trinajstić information content (AvgIpc) is 2.85. The first kappa shape index (κ1) is 15.7. The molecule has 1 aromatic heterocycles. The molecule has 0 aliphatic rings. The highest BCUT2D eigenvalue weighted by Gasteiger charge is 2.25. The molecule has 1 atom stereocenters. The minimum Gasteiger partial charge on any atom is -0.407 e. The number of para-hydroxylation sites is 1. The SMILES string of the molecule is CNC(=O)C(CCC=O)n1c(=O)oc2c(CC=O)cccc21. The first-order chi connectivity index (χ1) is 10.6. The third kappa shape index (κ3) is 2.83. The first-order valence-electron chi connectivity index (χ1n) is 6.85. The second kappa shape index (κ2) is 6.84. The van der Waals surface area contributed by atoms with Crippen LogP contribution >= 0.6 is 0 Å². The number of nitrogens with zero attached hydrogens (tertiary/aromatic N) is 1. The lowest BCUT2D eigenvalue weighted by atomic mass is 10.1. The molecule has 2 aromatic rings. The van der Waals surface area contributed by atoms with E-state index in [2.05, 4.69) is 5.32 Å². The third-order valence-electron chi connectivity index (χ3n) is 3.44. The number of nitrogens with one attached hydrogen (secondary N) is 1. The summed E-state index contributed by atoms with van der Waals surface area (Å²) in [6, 6.07) is 4.18. The van der Waals surface area contributed by atoms with Crippen molar-refractivity contribution in [3.63, 3.8) is 0 Å². The van der Waals surface area contributed by atoms with Crippen molar-refractivity contribution in [1.82, 2.24) is 9.88 Å². The number of hydrogen-bond acceptors (Lipinski definition) is 5. The zero-order chi connectivity index (χ0) is 16.1. The summed E-state index contributed by atoms with van der Waals surface area (Å²) in [5.74, 6) is -1.07. The van der Waals surface area contributed by atoms with Gasteiger partial charge in [0.2, 0.25) is 5.91 Å². The molecule has 116 valence electrons. The summed E-state index contributed by atoms with van der Waals surface area (Å²) < 4.78 is 6.45. The molecule has 1 amide bonds. The predicted octanol–water partition coefficient (Wildman–Crippen LogP) is 0.602. The van der Waals surface area contributed by atoms with E-state index in [9.17, 15) is 19.2 Å². The molecule has 0 aliphatic carbocycles. The van der Waals surface area contributed by atoms with Gasteiger partial charge in [-0.25, -0.2) is 4.79 Å². The van der Waals surface area contributed by atoms with Crippen LogP contribution in [0.15, 0.2) is 27.4 Å². The number of benzene rings is 1. The number of oxazole rings is 1. The van der Waals surface area contributed by atoms with Crippen LogP contribution in [0.5, 0.6) is 0 Å². The van der Waals surface area contributed by atoms with Gasteiger partial charge in [-0.3, -0.25) is 9.36 Å². The molecule has 0 saturated heterocycles. The zero-order valence-corrected chi connectivity index (χ0v) is 12.1. The zero-order valence-electron chi connectivity index (χ0n) is 12.1. The summed E-state index contributed by atoms with van der Waals surface area (Å²) >= 11 is 0. The highest BCUT2D eigenvalue weighted by molar-refractivity contribution is 5.84. The summed E-state index contributed by atoms with van der Waals surface area (Å²) in [6.07, 6.45) is 1.86. The van der Waals surface area contributed by atoms with Crippen molar-refractivity contribution in [1.29, 1.82) is 0 Å². The van der Waals surface area contributed by atoms with E-state index in [4.69, 9.17) is 4.42 Å². The Morgan fingerprint density at radius 1 is 1.36 bits per heavy atom. The molecule has 22 heavy (non-hydrogen) atoms. The maximum absolute atomic E-state index is 12.2. The lowest BCUT2D eigenvalue weighted by Gasteiger charge is -2.15. The lowest BCUT2D eigenvalue weighted by Crippen LogP contribution is -2.34. The fourth-order valence-electron chi connectivity index (χ4n) is 2.43. The summed E-state index contributed by atoms with van der Waals surface area (Å²) in [4.78, 5) is 45.5. The Morgan fingerprint density at radius 3 is 2.77 bits per heavy atom. The maximum Gasteiger partial charge on any atom is 0.420 e. The van der Waals surface area contributed by atoms with Crippen LogP contribution in [0.2, 0.25) is 0 Å². The van der Waals surface area contributed by atoms with Crippen LogP contribution in [0.3, 0.4) is 0 Å². The third-order valence-corrected chi connectivity index (χ3v) is 3.44. The molecule has 0 spiro atoms. The Hall–Kier alpha value is -2.70. The highest BCUT2D eigenvalue weighted by Crippen LogP contribution is 2.23. The van der Waals surface area contributed by atoms with Crippen molar-refractivity contribution in [3.8, 4) is 0 Å². The number of likely N-dealkylation sites (N-methyl/N-ethyl adjacent to an activating group) is 1. The second-order valence-electron chi connectivity index (χ2n) is 4.75. The predicted molar refractivity (Wildman–Crippen MR) is 78.6 cm³/mol. The number of fused-ring (bicyclic) bond motifs is 1. The van der Waals surface area contributed by atoms with E-state index in [0.717, 1.165) is 0 Å². The maximum atomic E-state index is 12.2. The van der Waals surface area contributed by atoms with E-state index in [1.807, 2.05) is 0 Å². The van der Waals surface area contributed by atoms with Crippen molar-refractivity contribution in [2.24, 2.45) is 0 Å². The van der Waals surface area contributed by atoms with Crippen LogP contribution in [0.4, 0.5) is 0 Å². The summed E-state index contributed by atoms with van der Waals surface area (Å²) in [6.45, 7) is 0. The Bertz CT molecular complexity index is 759. The number of aromatic nitrogens is 1. The van der Waals surface area contributed by atoms with Crippen LogP contribution in [0.1, 0.15) is 24.4 Å². The normalized spacial score (nSPS) is 12.0. The molecule has 1 heterocycles. The molecule has 1 unspecified atom stereocenters.